The Balaban J connectivity index is 0.675. The highest BCUT2D eigenvalue weighted by molar-refractivity contribution is 6.26. The van der Waals surface area contributed by atoms with E-state index >= 15 is 0 Å². The zero-order valence-electron chi connectivity index (χ0n) is 46.4. The second-order valence-corrected chi connectivity index (χ2v) is 20.9. The van der Waals surface area contributed by atoms with E-state index in [4.69, 9.17) is 4.74 Å². The maximum atomic E-state index is 14.1. The average Bonchev–Trinajstić information content (AvgIpc) is 1.53. The Morgan fingerprint density at radius 2 is 1.10 bits per heavy atom. The number of rotatable bonds is 17. The van der Waals surface area contributed by atoms with Crippen molar-refractivity contribution in [3.05, 3.63) is 119 Å². The third kappa shape index (κ3) is 10.1. The van der Waals surface area contributed by atoms with Gasteiger partial charge in [-0.25, -0.2) is 14.8 Å². The summed E-state index contributed by atoms with van der Waals surface area (Å²) in [4.78, 5) is 155. The van der Waals surface area contributed by atoms with Gasteiger partial charge in [0.15, 0.2) is 23.0 Å². The Morgan fingerprint density at radius 1 is 0.627 bits per heavy atom. The van der Waals surface area contributed by atoms with Gasteiger partial charge >= 0.3 is 5.97 Å². The first-order valence-electron chi connectivity index (χ1n) is 25.9. The normalized spacial score (nSPS) is 18.3. The SMILES string of the molecule is COC(=O)[C@]1(C)NC2=C(C1=O)[C@@]13C[C@@H]1CN(C(=O)c1cc(NC(=O)c4cc(NC(=O)c5nc(NC(=O)CCCNC(=O)c6cc(NC(=O)c7cc(NC(=O)c8nc(NC(C)=O)cn8C)cn7C)cn6C)cn5C)cn4C)cn1C)C3=CC2=O. The molecule has 4 aliphatic rings. The number of imidazole rings is 2. The quantitative estimate of drug-likeness (QED) is 0.0367. The van der Waals surface area contributed by atoms with Crippen molar-refractivity contribution in [3.8, 4) is 0 Å². The predicted octanol–water partition coefficient (Wildman–Crippen LogP) is 1.91. The fourth-order valence-corrected chi connectivity index (χ4v) is 10.9. The Bertz CT molecular complexity index is 3930. The molecule has 0 bridgehead atoms. The molecule has 0 radical (unpaired) electrons. The molecule has 0 unspecified atom stereocenters. The van der Waals surface area contributed by atoms with E-state index in [1.807, 2.05) is 0 Å². The summed E-state index contributed by atoms with van der Waals surface area (Å²) in [5, 5.41) is 21.7. The number of Topliss-reactive ketones (excluding diaryl/α,β-unsaturated/α-hetero) is 1. The van der Waals surface area contributed by atoms with E-state index < -0.39 is 69.8 Å². The van der Waals surface area contributed by atoms with Crippen LogP contribution in [0.15, 0.2) is 84.5 Å². The van der Waals surface area contributed by atoms with Crippen LogP contribution in [0.3, 0.4) is 0 Å². The predicted molar refractivity (Wildman–Crippen MR) is 295 cm³/mol. The first-order chi connectivity index (χ1) is 39.3. The van der Waals surface area contributed by atoms with Crippen molar-refractivity contribution in [1.29, 1.82) is 0 Å². The molecule has 10 rings (SSSR count). The number of nitrogens with one attached hydrogen (secondary N) is 8. The first-order valence-corrected chi connectivity index (χ1v) is 25.9. The first kappa shape index (κ1) is 55.7. The molecule has 1 spiro atoms. The molecular formula is C54H57N17O12. The van der Waals surface area contributed by atoms with Gasteiger partial charge in [0.2, 0.25) is 29.2 Å². The van der Waals surface area contributed by atoms with E-state index in [2.05, 4.69) is 52.5 Å². The number of anilines is 6. The van der Waals surface area contributed by atoms with E-state index in [0.717, 1.165) is 7.11 Å². The number of esters is 1. The number of ether oxygens (including phenoxy) is 1. The zero-order valence-corrected chi connectivity index (χ0v) is 46.4. The van der Waals surface area contributed by atoms with Crippen LogP contribution in [0.2, 0.25) is 0 Å². The van der Waals surface area contributed by atoms with Gasteiger partial charge in [0.05, 0.1) is 35.6 Å². The molecule has 430 valence electrons. The molecule has 83 heavy (non-hydrogen) atoms. The van der Waals surface area contributed by atoms with Crippen molar-refractivity contribution in [1.82, 2.24) is 52.9 Å². The lowest BCUT2D eigenvalue weighted by Crippen LogP contribution is -2.52. The van der Waals surface area contributed by atoms with Crippen LogP contribution in [0.1, 0.15) is 96.3 Å². The summed E-state index contributed by atoms with van der Waals surface area (Å²) in [6, 6.07) is 5.90. The topological polar surface area (TPSA) is 352 Å². The molecule has 1 saturated heterocycles. The molecule has 6 aromatic heterocycles. The van der Waals surface area contributed by atoms with Crippen LogP contribution < -0.4 is 42.5 Å². The second kappa shape index (κ2) is 20.8. The van der Waals surface area contributed by atoms with Crippen LogP contribution in [-0.4, -0.2) is 133 Å². The van der Waals surface area contributed by atoms with Gasteiger partial charge in [0, 0.05) is 129 Å². The van der Waals surface area contributed by atoms with Gasteiger partial charge in [-0.2, -0.15) is 0 Å². The second-order valence-electron chi connectivity index (χ2n) is 20.9. The number of carbonyl (C=O) groups is 11. The number of methoxy groups -OCH3 is 1. The van der Waals surface area contributed by atoms with Crippen molar-refractivity contribution >= 4 is 99.2 Å². The number of ketones is 2. The van der Waals surface area contributed by atoms with Crippen LogP contribution >= 0.6 is 0 Å². The lowest BCUT2D eigenvalue weighted by molar-refractivity contribution is -0.150. The van der Waals surface area contributed by atoms with E-state index in [1.165, 1.54) is 95.1 Å². The van der Waals surface area contributed by atoms with Crippen molar-refractivity contribution in [2.45, 2.75) is 38.6 Å². The van der Waals surface area contributed by atoms with E-state index in [0.29, 0.717) is 23.5 Å². The Labute approximate surface area is 471 Å². The molecule has 0 aromatic carbocycles. The fraction of sp³-hybridized carbons (Fsp3) is 0.315. The highest BCUT2D eigenvalue weighted by Gasteiger charge is 2.73. The lowest BCUT2D eigenvalue weighted by Gasteiger charge is -2.28. The van der Waals surface area contributed by atoms with E-state index in [-0.39, 0.29) is 106 Å². The highest BCUT2D eigenvalue weighted by Crippen LogP contribution is 2.70. The van der Waals surface area contributed by atoms with Crippen LogP contribution in [-0.2, 0) is 71.0 Å². The van der Waals surface area contributed by atoms with Gasteiger partial charge in [-0.1, -0.05) is 0 Å². The monoisotopic (exact) mass is 1140 g/mol. The average molecular weight is 1140 g/mol. The Morgan fingerprint density at radius 3 is 1.60 bits per heavy atom. The molecule has 2 fully saturated rings. The Kier molecular flexibility index (Phi) is 14.0. The van der Waals surface area contributed by atoms with Crippen molar-refractivity contribution in [2.24, 2.45) is 53.6 Å². The zero-order chi connectivity index (χ0) is 59.7. The third-order valence-corrected chi connectivity index (χ3v) is 14.9. The van der Waals surface area contributed by atoms with Gasteiger partial charge in [-0.3, -0.25) is 47.9 Å². The molecule has 8 N–H and O–H groups in total. The minimum absolute atomic E-state index is 0.0118. The minimum atomic E-state index is -1.77. The third-order valence-electron chi connectivity index (χ3n) is 14.9. The molecule has 6 aromatic rings. The molecule has 2 aliphatic heterocycles. The van der Waals surface area contributed by atoms with Gasteiger partial charge in [0.25, 0.3) is 35.4 Å². The van der Waals surface area contributed by atoms with Crippen molar-refractivity contribution < 1.29 is 57.5 Å². The maximum absolute atomic E-state index is 14.1. The van der Waals surface area contributed by atoms with Crippen molar-refractivity contribution in [3.63, 3.8) is 0 Å². The Hall–Kier alpha value is -10.6. The summed E-state index contributed by atoms with van der Waals surface area (Å²) in [7, 11) is 10.8. The number of amides is 8. The molecule has 8 heterocycles. The van der Waals surface area contributed by atoms with Crippen LogP contribution in [0.5, 0.6) is 0 Å². The number of aryl methyl sites for hydroxylation is 6. The van der Waals surface area contributed by atoms with E-state index in [9.17, 15) is 52.7 Å². The molecule has 29 heteroatoms. The van der Waals surface area contributed by atoms with Crippen LogP contribution in [0.4, 0.5) is 34.4 Å². The number of hydrogen-bond acceptors (Lipinski definition) is 15. The molecule has 8 amide bonds. The lowest BCUT2D eigenvalue weighted by atomic mass is 9.80. The van der Waals surface area contributed by atoms with Gasteiger partial charge in [-0.05, 0) is 49.9 Å². The summed E-state index contributed by atoms with van der Waals surface area (Å²) in [5.74, 6) is -5.76. The largest absolute Gasteiger partial charge is 0.467 e. The molecule has 29 nitrogen and oxygen atoms in total. The molecule has 2 aliphatic carbocycles. The van der Waals surface area contributed by atoms with Gasteiger partial charge < -0.3 is 79.6 Å². The summed E-state index contributed by atoms with van der Waals surface area (Å²) < 4.78 is 13.8. The summed E-state index contributed by atoms with van der Waals surface area (Å²) in [5.41, 5.74) is -0.0868. The smallest absolute Gasteiger partial charge is 0.339 e. The number of carbonyl (C=O) groups excluding carboxylic acids is 11. The fourth-order valence-electron chi connectivity index (χ4n) is 10.9. The number of nitrogens with zero attached hydrogens (tertiary/aromatic N) is 9. The van der Waals surface area contributed by atoms with Crippen LogP contribution in [0, 0.1) is 11.3 Å². The molecule has 3 atom stereocenters. The van der Waals surface area contributed by atoms with Gasteiger partial charge in [-0.15, -0.1) is 0 Å². The number of piperidine rings is 1. The highest BCUT2D eigenvalue weighted by atomic mass is 16.5. The number of likely N-dealkylation sites (tertiary alicyclic amines) is 1. The minimum Gasteiger partial charge on any atom is -0.467 e. The van der Waals surface area contributed by atoms with Gasteiger partial charge in [0.1, 0.15) is 22.8 Å². The number of aromatic nitrogens is 8. The maximum Gasteiger partial charge on any atom is 0.339 e. The molecular weight excluding hydrogens is 1080 g/mol. The number of allylic oxidation sites excluding steroid dienone is 2. The summed E-state index contributed by atoms with van der Waals surface area (Å²) in [6.07, 6.45) is 11.2. The van der Waals surface area contributed by atoms with E-state index in [1.54, 1.807) is 60.9 Å². The van der Waals surface area contributed by atoms with Crippen molar-refractivity contribution in [2.75, 3.05) is 52.1 Å². The molecule has 1 saturated carbocycles. The number of hydrogen-bond donors (Lipinski definition) is 8. The summed E-state index contributed by atoms with van der Waals surface area (Å²) >= 11 is 0. The standard InChI is InChI=1S/C54H57N17O12/c1-26(72)56-38-24-69(7)44(62-38)49(79)59-29-14-33(66(4)21-29)47(77)57-28-13-32(65(3)20-28)46(76)55-12-10-11-40(74)61-39-25-70(8)45(63-39)50(80)60-30-15-34(67(5)22-30)48(78)58-31-16-35(68(6)23-31)51(81)71-19-27-18-54(27)37(71)17-36(73)42-41(54)43(75)53(2,64-42)52(82)83-9/h13-17,20-25,27,64H,10-12,18-19H2,1-9H3,(H,55,76)(H,56,72)(H,57,77)(H,58,78)(H,59,79)(H,60,80)(H,61,74)/t27-,53-,54+/m1/s1. The van der Waals surface area contributed by atoms with Crippen LogP contribution in [0.25, 0.3) is 0 Å². The summed E-state index contributed by atoms with van der Waals surface area (Å²) in [6.45, 7) is 3.05.